The average Bonchev–Trinajstić information content (AvgIpc) is 2.82. The molecule has 0 bridgehead atoms. The summed E-state index contributed by atoms with van der Waals surface area (Å²) in [7, 11) is 0. The van der Waals surface area contributed by atoms with Crippen LogP contribution in [-0.2, 0) is 19.7 Å². The van der Waals surface area contributed by atoms with E-state index in [9.17, 15) is 14.7 Å². The monoisotopic (exact) mass is 508 g/mol. The molecule has 1 N–H and O–H groups in total. The average molecular weight is 509 g/mol. The van der Waals surface area contributed by atoms with Gasteiger partial charge in [0.15, 0.2) is 0 Å². The summed E-state index contributed by atoms with van der Waals surface area (Å²) in [6.07, 6.45) is 8.17. The number of benzene rings is 1. The SMILES string of the molecule is CCOC(=O)CCCC(=O)N(CCN1CCC(C)(c2cccc(O)c2)C(C)C1)C1CCCCC1.Cl. The molecule has 7 heteroatoms. The highest BCUT2D eigenvalue weighted by Gasteiger charge is 2.38. The van der Waals surface area contributed by atoms with Crippen molar-refractivity contribution in [1.82, 2.24) is 9.80 Å². The van der Waals surface area contributed by atoms with Gasteiger partial charge in [-0.2, -0.15) is 0 Å². The van der Waals surface area contributed by atoms with Crippen molar-refractivity contribution >= 4 is 24.3 Å². The van der Waals surface area contributed by atoms with E-state index in [0.717, 1.165) is 45.4 Å². The third kappa shape index (κ3) is 8.11. The molecular formula is C28H45ClN2O4. The molecule has 2 atom stereocenters. The molecule has 0 spiro atoms. The molecular weight excluding hydrogens is 464 g/mol. The Labute approximate surface area is 217 Å². The Morgan fingerprint density at radius 3 is 2.60 bits per heavy atom. The number of esters is 1. The van der Waals surface area contributed by atoms with Gasteiger partial charge in [-0.1, -0.05) is 45.2 Å². The number of aromatic hydroxyl groups is 1. The highest BCUT2D eigenvalue weighted by atomic mass is 35.5. The molecule has 1 aliphatic heterocycles. The highest BCUT2D eigenvalue weighted by Crippen LogP contribution is 2.40. The quantitative estimate of drug-likeness (QED) is 0.434. The predicted molar refractivity (Wildman–Crippen MR) is 142 cm³/mol. The summed E-state index contributed by atoms with van der Waals surface area (Å²) < 4.78 is 5.01. The van der Waals surface area contributed by atoms with Gasteiger partial charge in [0.1, 0.15) is 5.75 Å². The first kappa shape index (κ1) is 29.4. The van der Waals surface area contributed by atoms with Crippen LogP contribution in [0, 0.1) is 5.92 Å². The number of hydrogen-bond donors (Lipinski definition) is 1. The summed E-state index contributed by atoms with van der Waals surface area (Å²) in [5.41, 5.74) is 1.25. The van der Waals surface area contributed by atoms with Gasteiger partial charge in [-0.3, -0.25) is 9.59 Å². The molecule has 2 aliphatic rings. The lowest BCUT2D eigenvalue weighted by atomic mass is 9.68. The van der Waals surface area contributed by atoms with E-state index in [1.54, 1.807) is 6.07 Å². The topological polar surface area (TPSA) is 70.1 Å². The summed E-state index contributed by atoms with van der Waals surface area (Å²) in [4.78, 5) is 29.5. The maximum atomic E-state index is 13.2. The van der Waals surface area contributed by atoms with Crippen LogP contribution in [0.3, 0.4) is 0 Å². The number of halogens is 1. The van der Waals surface area contributed by atoms with Gasteiger partial charge in [0.2, 0.25) is 5.91 Å². The number of ether oxygens (including phenoxy) is 1. The Morgan fingerprint density at radius 2 is 1.94 bits per heavy atom. The molecule has 35 heavy (non-hydrogen) atoms. The molecule has 198 valence electrons. The summed E-state index contributed by atoms with van der Waals surface area (Å²) in [6.45, 7) is 10.4. The number of nitrogens with zero attached hydrogens (tertiary/aromatic N) is 2. The summed E-state index contributed by atoms with van der Waals surface area (Å²) in [6, 6.07) is 8.04. The number of hydrogen-bond acceptors (Lipinski definition) is 5. The first-order valence-electron chi connectivity index (χ1n) is 13.3. The normalized spacial score (nSPS) is 23.3. The largest absolute Gasteiger partial charge is 0.508 e. The molecule has 1 saturated heterocycles. The maximum Gasteiger partial charge on any atom is 0.305 e. The van der Waals surface area contributed by atoms with Crippen molar-refractivity contribution in [1.29, 1.82) is 0 Å². The predicted octanol–water partition coefficient (Wildman–Crippen LogP) is 5.31. The number of carbonyl (C=O) groups excluding carboxylic acids is 2. The van der Waals surface area contributed by atoms with Gasteiger partial charge >= 0.3 is 5.97 Å². The Kier molecular flexibility index (Phi) is 11.8. The second-order valence-electron chi connectivity index (χ2n) is 10.5. The minimum absolute atomic E-state index is 0. The number of rotatable bonds is 10. The number of phenols is 1. The van der Waals surface area contributed by atoms with Gasteiger partial charge in [0.25, 0.3) is 0 Å². The highest BCUT2D eigenvalue weighted by molar-refractivity contribution is 5.85. The number of carbonyl (C=O) groups is 2. The van der Waals surface area contributed by atoms with Gasteiger partial charge in [-0.15, -0.1) is 12.4 Å². The van der Waals surface area contributed by atoms with Gasteiger partial charge in [-0.05, 0) is 68.2 Å². The zero-order valence-electron chi connectivity index (χ0n) is 21.8. The third-order valence-corrected chi connectivity index (χ3v) is 8.14. The molecule has 2 unspecified atom stereocenters. The fraction of sp³-hybridized carbons (Fsp3) is 0.714. The van der Waals surface area contributed by atoms with Crippen molar-refractivity contribution in [2.24, 2.45) is 5.92 Å². The van der Waals surface area contributed by atoms with Gasteiger partial charge in [-0.25, -0.2) is 0 Å². The summed E-state index contributed by atoms with van der Waals surface area (Å²) in [5.74, 6) is 0.756. The van der Waals surface area contributed by atoms with Crippen molar-refractivity contribution in [3.05, 3.63) is 29.8 Å². The lowest BCUT2D eigenvalue weighted by molar-refractivity contribution is -0.143. The lowest BCUT2D eigenvalue weighted by Gasteiger charge is -2.46. The van der Waals surface area contributed by atoms with Crippen molar-refractivity contribution in [2.45, 2.75) is 90.0 Å². The van der Waals surface area contributed by atoms with Gasteiger partial charge < -0.3 is 19.6 Å². The van der Waals surface area contributed by atoms with E-state index in [4.69, 9.17) is 4.74 Å². The maximum absolute atomic E-state index is 13.2. The van der Waals surface area contributed by atoms with E-state index in [1.165, 1.54) is 24.8 Å². The van der Waals surface area contributed by atoms with E-state index in [1.807, 2.05) is 19.1 Å². The molecule has 3 rings (SSSR count). The molecule has 1 aliphatic carbocycles. The molecule has 1 aromatic rings. The van der Waals surface area contributed by atoms with Crippen LogP contribution in [0.4, 0.5) is 0 Å². The zero-order chi connectivity index (χ0) is 24.6. The van der Waals surface area contributed by atoms with Crippen molar-refractivity contribution in [2.75, 3.05) is 32.8 Å². The first-order valence-corrected chi connectivity index (χ1v) is 13.3. The summed E-state index contributed by atoms with van der Waals surface area (Å²) >= 11 is 0. The molecule has 6 nitrogen and oxygen atoms in total. The number of piperidine rings is 1. The Balaban J connectivity index is 0.00000432. The van der Waals surface area contributed by atoms with Crippen LogP contribution in [-0.4, -0.2) is 65.6 Å². The molecule has 1 saturated carbocycles. The van der Waals surface area contributed by atoms with Crippen LogP contribution in [0.5, 0.6) is 5.75 Å². The van der Waals surface area contributed by atoms with Crippen molar-refractivity contribution < 1.29 is 19.4 Å². The third-order valence-electron chi connectivity index (χ3n) is 8.14. The molecule has 1 amide bonds. The van der Waals surface area contributed by atoms with Crippen LogP contribution in [0.15, 0.2) is 24.3 Å². The number of phenolic OH excluding ortho intramolecular Hbond substituents is 1. The van der Waals surface area contributed by atoms with Crippen LogP contribution in [0.1, 0.15) is 84.1 Å². The molecule has 0 radical (unpaired) electrons. The molecule has 2 fully saturated rings. The molecule has 0 aromatic heterocycles. The Bertz CT molecular complexity index is 814. The van der Waals surface area contributed by atoms with E-state index < -0.39 is 0 Å². The second kappa shape index (κ2) is 14.1. The first-order chi connectivity index (χ1) is 16.3. The van der Waals surface area contributed by atoms with E-state index in [2.05, 4.69) is 29.7 Å². The summed E-state index contributed by atoms with van der Waals surface area (Å²) in [5, 5.41) is 9.96. The van der Waals surface area contributed by atoms with Gasteiger partial charge in [0.05, 0.1) is 6.61 Å². The van der Waals surface area contributed by atoms with Gasteiger partial charge in [0, 0.05) is 38.5 Å². The smallest absolute Gasteiger partial charge is 0.305 e. The number of likely N-dealkylation sites (tertiary alicyclic amines) is 1. The van der Waals surface area contributed by atoms with Crippen molar-refractivity contribution in [3.8, 4) is 5.75 Å². The molecule has 1 heterocycles. The standard InChI is InChI=1S/C28H44N2O4.ClH/c1-4-34-27(33)15-9-14-26(32)30(24-11-6-5-7-12-24)19-18-29-17-16-28(3,22(2)21-29)23-10-8-13-25(31)20-23;/h8,10,13,20,22,24,31H,4-7,9,11-12,14-19,21H2,1-3H3;1H. The van der Waals surface area contributed by atoms with Crippen LogP contribution >= 0.6 is 12.4 Å². The van der Waals surface area contributed by atoms with E-state index in [-0.39, 0.29) is 29.7 Å². The van der Waals surface area contributed by atoms with E-state index in [0.29, 0.717) is 43.6 Å². The zero-order valence-corrected chi connectivity index (χ0v) is 22.7. The second-order valence-corrected chi connectivity index (χ2v) is 10.5. The van der Waals surface area contributed by atoms with Crippen LogP contribution in [0.2, 0.25) is 0 Å². The Hall–Kier alpha value is -1.79. The Morgan fingerprint density at radius 1 is 1.20 bits per heavy atom. The van der Waals surface area contributed by atoms with Crippen molar-refractivity contribution in [3.63, 3.8) is 0 Å². The van der Waals surface area contributed by atoms with Crippen LogP contribution in [0.25, 0.3) is 0 Å². The molecule has 1 aromatic carbocycles. The lowest BCUT2D eigenvalue weighted by Crippen LogP contribution is -2.51. The van der Waals surface area contributed by atoms with E-state index >= 15 is 0 Å². The minimum Gasteiger partial charge on any atom is -0.508 e. The fourth-order valence-electron chi connectivity index (χ4n) is 5.72. The number of amides is 1. The van der Waals surface area contributed by atoms with Crippen LogP contribution < -0.4 is 0 Å². The minimum atomic E-state index is -0.211. The fourth-order valence-corrected chi connectivity index (χ4v) is 5.72.